The number of aryl methyl sites for hydroxylation is 2. The second kappa shape index (κ2) is 9.45. The summed E-state index contributed by atoms with van der Waals surface area (Å²) in [6, 6.07) is 9.87. The van der Waals surface area contributed by atoms with Gasteiger partial charge in [-0.25, -0.2) is 4.98 Å². The lowest BCUT2D eigenvalue weighted by Gasteiger charge is -2.13. The van der Waals surface area contributed by atoms with Gasteiger partial charge < -0.3 is 14.8 Å². The van der Waals surface area contributed by atoms with Crippen molar-refractivity contribution in [2.45, 2.75) is 40.5 Å². The highest BCUT2D eigenvalue weighted by Gasteiger charge is 2.18. The number of nitrogens with zero attached hydrogens (tertiary/aromatic N) is 2. The van der Waals surface area contributed by atoms with Crippen molar-refractivity contribution < 1.29 is 14.3 Å². The number of carbonyl (C=O) groups excluding carboxylic acids is 1. The van der Waals surface area contributed by atoms with Crippen LogP contribution in [0, 0.1) is 6.92 Å². The Balaban J connectivity index is 1.71. The number of pyridine rings is 1. The number of imidazole rings is 1. The number of amides is 1. The van der Waals surface area contributed by atoms with Gasteiger partial charge >= 0.3 is 0 Å². The van der Waals surface area contributed by atoms with Crippen LogP contribution in [0.15, 0.2) is 36.5 Å². The zero-order valence-corrected chi connectivity index (χ0v) is 17.6. The summed E-state index contributed by atoms with van der Waals surface area (Å²) in [4.78, 5) is 17.5. The first-order chi connectivity index (χ1) is 14.1. The van der Waals surface area contributed by atoms with E-state index >= 15 is 0 Å². The number of carbonyl (C=O) groups is 1. The molecule has 0 aliphatic rings. The van der Waals surface area contributed by atoms with Crippen LogP contribution < -0.4 is 14.8 Å². The molecule has 0 atom stereocenters. The number of hydrogen-bond donors (Lipinski definition) is 1. The minimum absolute atomic E-state index is 0.101. The third-order valence-electron chi connectivity index (χ3n) is 4.70. The van der Waals surface area contributed by atoms with Gasteiger partial charge in [0.2, 0.25) is 0 Å². The summed E-state index contributed by atoms with van der Waals surface area (Å²) < 4.78 is 13.2. The van der Waals surface area contributed by atoms with Gasteiger partial charge in [0.15, 0.2) is 11.5 Å². The average molecular weight is 396 g/mol. The molecule has 3 rings (SSSR count). The summed E-state index contributed by atoms with van der Waals surface area (Å²) in [5, 5.41) is 3.04. The summed E-state index contributed by atoms with van der Waals surface area (Å²) in [6.45, 7) is 9.62. The maximum atomic E-state index is 12.9. The fourth-order valence-corrected chi connectivity index (χ4v) is 3.34. The van der Waals surface area contributed by atoms with Crippen LogP contribution in [0.5, 0.6) is 11.5 Å². The van der Waals surface area contributed by atoms with Crippen molar-refractivity contribution in [2.75, 3.05) is 19.8 Å². The van der Waals surface area contributed by atoms with Gasteiger partial charge in [-0.3, -0.25) is 9.20 Å². The minimum Gasteiger partial charge on any atom is -0.490 e. The van der Waals surface area contributed by atoms with Crippen LogP contribution in [0.1, 0.15) is 48.1 Å². The summed E-state index contributed by atoms with van der Waals surface area (Å²) in [7, 11) is 0. The van der Waals surface area contributed by atoms with Gasteiger partial charge in [0.25, 0.3) is 5.91 Å². The third kappa shape index (κ3) is 4.70. The van der Waals surface area contributed by atoms with Crippen LogP contribution in [-0.4, -0.2) is 35.1 Å². The van der Waals surface area contributed by atoms with E-state index < -0.39 is 0 Å². The Hall–Kier alpha value is -3.02. The molecule has 1 aromatic carbocycles. The summed E-state index contributed by atoms with van der Waals surface area (Å²) in [5.41, 5.74) is 4.40. The van der Waals surface area contributed by atoms with E-state index in [1.54, 1.807) is 0 Å². The van der Waals surface area contributed by atoms with Crippen LogP contribution in [0.4, 0.5) is 0 Å². The van der Waals surface area contributed by atoms with E-state index in [2.05, 4.69) is 10.3 Å². The summed E-state index contributed by atoms with van der Waals surface area (Å²) in [6.07, 6.45) is 3.37. The Labute approximate surface area is 171 Å². The SMILES string of the molecule is CCOc1ccc(CCNC(=O)c2c(CC)nc3ccc(C)cn23)cc1OCC. The predicted octanol–water partition coefficient (Wildman–Crippen LogP) is 3.98. The van der Waals surface area contributed by atoms with Crippen LogP contribution in [0.2, 0.25) is 0 Å². The molecule has 2 aromatic heterocycles. The minimum atomic E-state index is -0.101. The number of benzene rings is 1. The molecule has 2 heterocycles. The van der Waals surface area contributed by atoms with Crippen molar-refractivity contribution in [3.05, 3.63) is 59.0 Å². The highest BCUT2D eigenvalue weighted by Crippen LogP contribution is 2.28. The van der Waals surface area contributed by atoms with Gasteiger partial charge in [0.1, 0.15) is 11.3 Å². The smallest absolute Gasteiger partial charge is 0.270 e. The second-order valence-electron chi connectivity index (χ2n) is 6.85. The molecule has 1 amide bonds. The van der Waals surface area contributed by atoms with E-state index in [-0.39, 0.29) is 5.91 Å². The normalized spacial score (nSPS) is 10.9. The number of fused-ring (bicyclic) bond motifs is 1. The molecule has 154 valence electrons. The molecule has 29 heavy (non-hydrogen) atoms. The lowest BCUT2D eigenvalue weighted by Crippen LogP contribution is -2.27. The Bertz CT molecular complexity index is 994. The molecule has 0 saturated carbocycles. The van der Waals surface area contributed by atoms with E-state index in [0.717, 1.165) is 34.0 Å². The van der Waals surface area contributed by atoms with Crippen LogP contribution in [0.3, 0.4) is 0 Å². The summed E-state index contributed by atoms with van der Waals surface area (Å²) in [5.74, 6) is 1.38. The van der Waals surface area contributed by atoms with Crippen LogP contribution in [0.25, 0.3) is 5.65 Å². The van der Waals surface area contributed by atoms with E-state index in [1.807, 2.05) is 68.6 Å². The quantitative estimate of drug-likeness (QED) is 0.595. The highest BCUT2D eigenvalue weighted by molar-refractivity contribution is 5.94. The molecule has 0 aliphatic carbocycles. The number of rotatable bonds is 9. The Kier molecular flexibility index (Phi) is 6.75. The van der Waals surface area contributed by atoms with Crippen molar-refractivity contribution in [3.63, 3.8) is 0 Å². The third-order valence-corrected chi connectivity index (χ3v) is 4.70. The number of hydrogen-bond acceptors (Lipinski definition) is 4. The van der Waals surface area contributed by atoms with Crippen molar-refractivity contribution in [2.24, 2.45) is 0 Å². The number of nitrogens with one attached hydrogen (secondary N) is 1. The molecule has 1 N–H and O–H groups in total. The molecular formula is C23H29N3O3. The Morgan fingerprint density at radius 3 is 2.55 bits per heavy atom. The van der Waals surface area contributed by atoms with E-state index in [1.165, 1.54) is 0 Å². The summed E-state index contributed by atoms with van der Waals surface area (Å²) >= 11 is 0. The molecule has 0 spiro atoms. The molecule has 3 aromatic rings. The fourth-order valence-electron chi connectivity index (χ4n) is 3.34. The first-order valence-electron chi connectivity index (χ1n) is 10.2. The van der Waals surface area contributed by atoms with Gasteiger partial charge in [-0.05, 0) is 62.9 Å². The second-order valence-corrected chi connectivity index (χ2v) is 6.85. The predicted molar refractivity (Wildman–Crippen MR) is 114 cm³/mol. The Morgan fingerprint density at radius 1 is 1.07 bits per heavy atom. The molecule has 0 radical (unpaired) electrons. The molecule has 0 fully saturated rings. The number of ether oxygens (including phenoxy) is 2. The largest absolute Gasteiger partial charge is 0.490 e. The highest BCUT2D eigenvalue weighted by atomic mass is 16.5. The van der Waals surface area contributed by atoms with E-state index in [4.69, 9.17) is 9.47 Å². The molecule has 0 saturated heterocycles. The van der Waals surface area contributed by atoms with Gasteiger partial charge in [-0.2, -0.15) is 0 Å². The van der Waals surface area contributed by atoms with E-state index in [0.29, 0.717) is 38.3 Å². The fraction of sp³-hybridized carbons (Fsp3) is 0.391. The molecule has 6 heteroatoms. The van der Waals surface area contributed by atoms with Crippen molar-refractivity contribution >= 4 is 11.6 Å². The maximum absolute atomic E-state index is 12.9. The maximum Gasteiger partial charge on any atom is 0.270 e. The monoisotopic (exact) mass is 395 g/mol. The Morgan fingerprint density at radius 2 is 1.83 bits per heavy atom. The lowest BCUT2D eigenvalue weighted by atomic mass is 10.1. The first kappa shape index (κ1) is 20.7. The molecule has 6 nitrogen and oxygen atoms in total. The van der Waals surface area contributed by atoms with Gasteiger partial charge in [0, 0.05) is 12.7 Å². The molecular weight excluding hydrogens is 366 g/mol. The molecule has 0 unspecified atom stereocenters. The van der Waals surface area contributed by atoms with E-state index in [9.17, 15) is 4.79 Å². The van der Waals surface area contributed by atoms with Crippen molar-refractivity contribution in [1.82, 2.24) is 14.7 Å². The van der Waals surface area contributed by atoms with Crippen LogP contribution >= 0.6 is 0 Å². The standard InChI is InChI=1S/C23H29N3O3/c1-5-18-22(26-15-16(4)8-11-21(26)25-18)23(27)24-13-12-17-9-10-19(28-6-2)20(14-17)29-7-3/h8-11,14-15H,5-7,12-13H2,1-4H3,(H,24,27). The average Bonchev–Trinajstić information content (AvgIpc) is 3.08. The zero-order valence-electron chi connectivity index (χ0n) is 17.6. The molecule has 0 bridgehead atoms. The van der Waals surface area contributed by atoms with Crippen molar-refractivity contribution in [3.8, 4) is 11.5 Å². The molecule has 0 aliphatic heterocycles. The van der Waals surface area contributed by atoms with Gasteiger partial charge in [-0.1, -0.05) is 19.1 Å². The van der Waals surface area contributed by atoms with Gasteiger partial charge in [0.05, 0.1) is 18.9 Å². The lowest BCUT2D eigenvalue weighted by molar-refractivity contribution is 0.0947. The van der Waals surface area contributed by atoms with Gasteiger partial charge in [-0.15, -0.1) is 0 Å². The topological polar surface area (TPSA) is 64.9 Å². The first-order valence-corrected chi connectivity index (χ1v) is 10.2. The number of aromatic nitrogens is 2. The van der Waals surface area contributed by atoms with Crippen molar-refractivity contribution in [1.29, 1.82) is 0 Å². The zero-order chi connectivity index (χ0) is 20.8. The van der Waals surface area contributed by atoms with Crippen LogP contribution in [-0.2, 0) is 12.8 Å².